The van der Waals surface area contributed by atoms with Crippen molar-refractivity contribution in [2.75, 3.05) is 6.54 Å². The van der Waals surface area contributed by atoms with Crippen LogP contribution >= 0.6 is 0 Å². The molecule has 34 heavy (non-hydrogen) atoms. The Labute approximate surface area is 196 Å². The molecule has 174 valence electrons. The van der Waals surface area contributed by atoms with Gasteiger partial charge in [0.15, 0.2) is 11.4 Å². The molecule has 0 bridgehead atoms. The van der Waals surface area contributed by atoms with Gasteiger partial charge in [-0.3, -0.25) is 9.59 Å². The van der Waals surface area contributed by atoms with E-state index in [1.54, 1.807) is 27.7 Å². The van der Waals surface area contributed by atoms with Crippen LogP contribution in [0.15, 0.2) is 42.6 Å². The fourth-order valence-electron chi connectivity index (χ4n) is 4.63. The van der Waals surface area contributed by atoms with Crippen LogP contribution in [0.2, 0.25) is 0 Å². The van der Waals surface area contributed by atoms with Gasteiger partial charge in [-0.05, 0) is 56.2 Å². The van der Waals surface area contributed by atoms with Crippen LogP contribution in [0.4, 0.5) is 4.39 Å². The minimum Gasteiger partial charge on any atom is -0.333 e. The second-order valence-electron chi connectivity index (χ2n) is 8.69. The van der Waals surface area contributed by atoms with Crippen molar-refractivity contribution in [1.82, 2.24) is 29.0 Å². The smallest absolute Gasteiger partial charge is 0.220 e. The molecule has 0 radical (unpaired) electrons. The lowest BCUT2D eigenvalue weighted by molar-refractivity contribution is -0.135. The van der Waals surface area contributed by atoms with Gasteiger partial charge in [-0.15, -0.1) is 0 Å². The van der Waals surface area contributed by atoms with Gasteiger partial charge >= 0.3 is 0 Å². The van der Waals surface area contributed by atoms with Crippen molar-refractivity contribution in [3.8, 4) is 22.6 Å². The van der Waals surface area contributed by atoms with Gasteiger partial charge in [-0.25, -0.2) is 18.9 Å². The van der Waals surface area contributed by atoms with Gasteiger partial charge in [0.2, 0.25) is 5.91 Å². The van der Waals surface area contributed by atoms with E-state index >= 15 is 0 Å². The highest BCUT2D eigenvalue weighted by atomic mass is 19.1. The molecule has 0 aliphatic carbocycles. The SMILES string of the molecule is CC(=O)N1CCCC1C(=O)Cc1cn2nc(-c3c(-c4ccc(F)cc4)nc(C)n3C)ccc2n1. The lowest BCUT2D eigenvalue weighted by atomic mass is 10.1. The number of Topliss-reactive ketones (excluding diaryl/α,β-unsaturated/α-hetero) is 1. The quantitative estimate of drug-likeness (QED) is 0.456. The molecule has 1 aromatic carbocycles. The highest BCUT2D eigenvalue weighted by Gasteiger charge is 2.32. The maximum Gasteiger partial charge on any atom is 0.220 e. The minimum absolute atomic E-state index is 0.00261. The summed E-state index contributed by atoms with van der Waals surface area (Å²) in [5, 5.41) is 4.74. The molecule has 1 aliphatic heterocycles. The molecule has 0 spiro atoms. The minimum atomic E-state index is -0.374. The highest BCUT2D eigenvalue weighted by Crippen LogP contribution is 2.31. The van der Waals surface area contributed by atoms with Crippen LogP contribution in [0.25, 0.3) is 28.3 Å². The number of carbonyl (C=O) groups excluding carboxylic acids is 2. The lowest BCUT2D eigenvalue weighted by Gasteiger charge is -2.21. The Hall–Kier alpha value is -3.88. The molecule has 5 rings (SSSR count). The van der Waals surface area contributed by atoms with E-state index in [1.165, 1.54) is 19.1 Å². The molecule has 1 fully saturated rings. The van der Waals surface area contributed by atoms with Crippen LogP contribution in [0.1, 0.15) is 31.3 Å². The first-order valence-corrected chi connectivity index (χ1v) is 11.3. The van der Waals surface area contributed by atoms with E-state index in [2.05, 4.69) is 9.97 Å². The number of imidazole rings is 2. The van der Waals surface area contributed by atoms with Crippen LogP contribution in [-0.4, -0.2) is 53.3 Å². The number of ketones is 1. The molecule has 1 atom stereocenters. The van der Waals surface area contributed by atoms with Crippen LogP contribution in [-0.2, 0) is 23.1 Å². The molecule has 1 saturated heterocycles. The van der Waals surface area contributed by atoms with E-state index in [0.717, 1.165) is 23.5 Å². The molecular weight excluding hydrogens is 435 g/mol. The van der Waals surface area contributed by atoms with Crippen LogP contribution in [0.3, 0.4) is 0 Å². The Kier molecular flexibility index (Phi) is 5.47. The normalized spacial score (nSPS) is 15.9. The van der Waals surface area contributed by atoms with Gasteiger partial charge in [0.05, 0.1) is 35.7 Å². The molecule has 0 N–H and O–H groups in total. The van der Waals surface area contributed by atoms with E-state index in [9.17, 15) is 14.0 Å². The van der Waals surface area contributed by atoms with Gasteiger partial charge in [0, 0.05) is 26.1 Å². The number of carbonyl (C=O) groups is 2. The Bertz CT molecular complexity index is 1410. The van der Waals surface area contributed by atoms with Crippen molar-refractivity contribution in [2.45, 2.75) is 39.2 Å². The number of aryl methyl sites for hydroxylation is 1. The fraction of sp³-hybridized carbons (Fsp3) is 0.320. The van der Waals surface area contributed by atoms with Crippen LogP contribution < -0.4 is 0 Å². The molecule has 8 nitrogen and oxygen atoms in total. The number of nitrogens with zero attached hydrogens (tertiary/aromatic N) is 6. The number of halogens is 1. The molecule has 0 saturated carbocycles. The zero-order valence-corrected chi connectivity index (χ0v) is 19.3. The first kappa shape index (κ1) is 21.9. The third-order valence-corrected chi connectivity index (χ3v) is 6.43. The second-order valence-corrected chi connectivity index (χ2v) is 8.69. The summed E-state index contributed by atoms with van der Waals surface area (Å²) in [6.07, 6.45) is 3.44. The van der Waals surface area contributed by atoms with E-state index in [0.29, 0.717) is 35.7 Å². The van der Waals surface area contributed by atoms with E-state index < -0.39 is 0 Å². The summed E-state index contributed by atoms with van der Waals surface area (Å²) >= 11 is 0. The molecule has 4 heterocycles. The molecule has 9 heteroatoms. The van der Waals surface area contributed by atoms with Crippen LogP contribution in [0.5, 0.6) is 0 Å². The highest BCUT2D eigenvalue weighted by molar-refractivity contribution is 5.90. The average molecular weight is 461 g/mol. The predicted octanol–water partition coefficient (Wildman–Crippen LogP) is 3.37. The third-order valence-electron chi connectivity index (χ3n) is 6.43. The molecule has 4 aromatic rings. The molecule has 3 aromatic heterocycles. The van der Waals surface area contributed by atoms with Crippen molar-refractivity contribution >= 4 is 17.3 Å². The van der Waals surface area contributed by atoms with E-state index in [-0.39, 0.29) is 30.0 Å². The first-order chi connectivity index (χ1) is 16.3. The van der Waals surface area contributed by atoms with Crippen molar-refractivity contribution in [3.63, 3.8) is 0 Å². The Morgan fingerprint density at radius 1 is 1.12 bits per heavy atom. The summed E-state index contributed by atoms with van der Waals surface area (Å²) in [5.41, 5.74) is 4.25. The predicted molar refractivity (Wildman–Crippen MR) is 124 cm³/mol. The number of hydrogen-bond donors (Lipinski definition) is 0. The Morgan fingerprint density at radius 2 is 1.88 bits per heavy atom. The lowest BCUT2D eigenvalue weighted by Crippen LogP contribution is -2.39. The molecule has 1 amide bonds. The summed E-state index contributed by atoms with van der Waals surface area (Å²) in [4.78, 5) is 35.6. The van der Waals surface area contributed by atoms with Crippen molar-refractivity contribution < 1.29 is 14.0 Å². The van der Waals surface area contributed by atoms with Crippen LogP contribution in [0, 0.1) is 12.7 Å². The number of rotatable bonds is 5. The second kappa shape index (κ2) is 8.48. The van der Waals surface area contributed by atoms with E-state index in [4.69, 9.17) is 5.10 Å². The standard InChI is InChI=1S/C25H25FN6O2/c1-15-27-24(17-6-8-18(26)9-7-17)25(30(15)3)20-10-11-23-28-19(14-32(23)29-20)13-22(34)21-5-4-12-31(21)16(2)33/h6-11,14,21H,4-5,12-13H2,1-3H3. The fourth-order valence-corrected chi connectivity index (χ4v) is 4.63. The van der Waals surface area contributed by atoms with Crippen molar-refractivity contribution in [3.05, 3.63) is 59.9 Å². The average Bonchev–Trinajstić information content (AvgIpc) is 3.51. The largest absolute Gasteiger partial charge is 0.333 e. The van der Waals surface area contributed by atoms with Crippen molar-refractivity contribution in [1.29, 1.82) is 0 Å². The first-order valence-electron chi connectivity index (χ1n) is 11.3. The van der Waals surface area contributed by atoms with Crippen molar-refractivity contribution in [2.24, 2.45) is 7.05 Å². The van der Waals surface area contributed by atoms with Gasteiger partial charge in [0.1, 0.15) is 17.3 Å². The number of amides is 1. The summed E-state index contributed by atoms with van der Waals surface area (Å²) in [6, 6.07) is 9.58. The van der Waals surface area contributed by atoms with Gasteiger partial charge in [-0.2, -0.15) is 5.10 Å². The number of fused-ring (bicyclic) bond motifs is 1. The number of benzene rings is 1. The summed E-state index contributed by atoms with van der Waals surface area (Å²) < 4.78 is 17.1. The molecular formula is C25H25FN6O2. The summed E-state index contributed by atoms with van der Waals surface area (Å²) in [5.74, 6) is 0.430. The molecule has 1 unspecified atom stereocenters. The Morgan fingerprint density at radius 3 is 2.62 bits per heavy atom. The maximum atomic E-state index is 13.4. The van der Waals surface area contributed by atoms with Gasteiger partial charge in [-0.1, -0.05) is 0 Å². The van der Waals surface area contributed by atoms with Gasteiger partial charge in [0.25, 0.3) is 0 Å². The monoisotopic (exact) mass is 460 g/mol. The zero-order valence-electron chi connectivity index (χ0n) is 19.3. The van der Waals surface area contributed by atoms with Gasteiger partial charge < -0.3 is 9.47 Å². The topological polar surface area (TPSA) is 85.4 Å². The summed E-state index contributed by atoms with van der Waals surface area (Å²) in [6.45, 7) is 4.04. The Balaban J connectivity index is 1.47. The maximum absolute atomic E-state index is 13.4. The van der Waals surface area contributed by atoms with E-state index in [1.807, 2.05) is 30.7 Å². The summed E-state index contributed by atoms with van der Waals surface area (Å²) in [7, 11) is 1.91. The number of likely N-dealkylation sites (tertiary alicyclic amines) is 1. The number of aromatic nitrogens is 5. The third kappa shape index (κ3) is 3.87. The molecule has 1 aliphatic rings. The zero-order chi connectivity index (χ0) is 24.0. The number of hydrogen-bond acceptors (Lipinski definition) is 5.